The third-order valence-electron chi connectivity index (χ3n) is 4.42. The quantitative estimate of drug-likeness (QED) is 0.782. The van der Waals surface area contributed by atoms with Crippen molar-refractivity contribution in [3.05, 3.63) is 48.0 Å². The van der Waals surface area contributed by atoms with Crippen molar-refractivity contribution in [2.45, 2.75) is 20.8 Å². The lowest BCUT2D eigenvalue weighted by molar-refractivity contribution is 0.340. The van der Waals surface area contributed by atoms with Gasteiger partial charge in [0.2, 0.25) is 0 Å². The number of ether oxygens (including phenoxy) is 3. The Kier molecular flexibility index (Phi) is 5.07. The summed E-state index contributed by atoms with van der Waals surface area (Å²) < 4.78 is 16.5. The molecule has 5 heteroatoms. The maximum Gasteiger partial charge on any atom is 0.161 e. The molecule has 0 amide bonds. The van der Waals surface area contributed by atoms with E-state index in [1.807, 2.05) is 48.3 Å². The molecule has 1 radical (unpaired) electrons. The van der Waals surface area contributed by atoms with E-state index in [4.69, 9.17) is 19.3 Å². The molecule has 1 aliphatic rings. The van der Waals surface area contributed by atoms with Crippen LogP contribution in [0.3, 0.4) is 0 Å². The van der Waals surface area contributed by atoms with Gasteiger partial charge in [0.25, 0.3) is 0 Å². The molecule has 0 fully saturated rings. The van der Waals surface area contributed by atoms with Gasteiger partial charge in [-0.3, -0.25) is 5.01 Å². The van der Waals surface area contributed by atoms with Gasteiger partial charge in [-0.25, -0.2) is 0 Å². The molecule has 1 aliphatic heterocycles. The van der Waals surface area contributed by atoms with E-state index < -0.39 is 0 Å². The lowest BCUT2D eigenvalue weighted by atomic mass is 9.84. The van der Waals surface area contributed by atoms with Crippen LogP contribution in [0.25, 0.3) is 0 Å². The Balaban J connectivity index is 2.01. The van der Waals surface area contributed by atoms with Crippen LogP contribution in [0.4, 0.5) is 5.69 Å². The predicted molar refractivity (Wildman–Crippen MR) is 104 cm³/mol. The third-order valence-corrected chi connectivity index (χ3v) is 4.42. The van der Waals surface area contributed by atoms with Gasteiger partial charge in [-0.1, -0.05) is 26.0 Å². The van der Waals surface area contributed by atoms with Crippen LogP contribution in [-0.4, -0.2) is 33.1 Å². The predicted octanol–water partition coefficient (Wildman–Crippen LogP) is 4.15. The van der Waals surface area contributed by atoms with E-state index >= 15 is 0 Å². The third kappa shape index (κ3) is 3.34. The second-order valence-electron chi connectivity index (χ2n) is 6.78. The van der Waals surface area contributed by atoms with E-state index in [-0.39, 0.29) is 5.41 Å². The van der Waals surface area contributed by atoms with E-state index in [1.54, 1.807) is 14.2 Å². The van der Waals surface area contributed by atoms with Crippen LogP contribution in [0.15, 0.2) is 41.5 Å². The number of hydrogen-bond acceptors (Lipinski definition) is 5. The van der Waals surface area contributed by atoms with Crippen LogP contribution in [-0.2, 0) is 0 Å². The molecule has 5 nitrogen and oxygen atoms in total. The van der Waals surface area contributed by atoms with Crippen molar-refractivity contribution in [1.29, 1.82) is 0 Å². The van der Waals surface area contributed by atoms with Gasteiger partial charge < -0.3 is 14.2 Å². The second-order valence-corrected chi connectivity index (χ2v) is 6.78. The van der Waals surface area contributed by atoms with Crippen LogP contribution in [0, 0.1) is 11.5 Å². The van der Waals surface area contributed by atoms with Crippen molar-refractivity contribution >= 4 is 11.4 Å². The van der Waals surface area contributed by atoms with Crippen LogP contribution in [0.5, 0.6) is 17.2 Å². The van der Waals surface area contributed by atoms with Gasteiger partial charge in [0.1, 0.15) is 11.4 Å². The molecule has 0 spiro atoms. The second kappa shape index (κ2) is 7.28. The first-order valence-corrected chi connectivity index (χ1v) is 8.72. The normalized spacial score (nSPS) is 15.6. The van der Waals surface area contributed by atoms with E-state index in [9.17, 15) is 0 Å². The average Bonchev–Trinajstić information content (AvgIpc) is 2.97. The van der Waals surface area contributed by atoms with Crippen LogP contribution in [0.1, 0.15) is 26.3 Å². The van der Waals surface area contributed by atoms with Gasteiger partial charge in [0.15, 0.2) is 11.5 Å². The summed E-state index contributed by atoms with van der Waals surface area (Å²) in [7, 11) is 3.28. The summed E-state index contributed by atoms with van der Waals surface area (Å²) >= 11 is 0. The average molecular weight is 353 g/mol. The molecule has 3 rings (SSSR count). The van der Waals surface area contributed by atoms with Gasteiger partial charge in [-0.05, 0) is 31.2 Å². The molecular weight excluding hydrogens is 328 g/mol. The minimum Gasteiger partial charge on any atom is -0.493 e. The zero-order chi connectivity index (χ0) is 18.7. The molecular formula is C21H25N2O3. The number of hydrogen-bond donors (Lipinski definition) is 0. The van der Waals surface area contributed by atoms with E-state index in [0.29, 0.717) is 18.1 Å². The van der Waals surface area contributed by atoms with Gasteiger partial charge in [-0.15, -0.1) is 0 Å². The highest BCUT2D eigenvalue weighted by atomic mass is 16.5. The van der Waals surface area contributed by atoms with Crippen LogP contribution >= 0.6 is 0 Å². The summed E-state index contributed by atoms with van der Waals surface area (Å²) in [6.45, 7) is 7.70. The zero-order valence-corrected chi connectivity index (χ0v) is 16.0. The van der Waals surface area contributed by atoms with Crippen molar-refractivity contribution in [3.63, 3.8) is 0 Å². The molecule has 0 saturated heterocycles. The number of nitrogens with zero attached hydrogens (tertiary/aromatic N) is 2. The molecule has 0 bridgehead atoms. The largest absolute Gasteiger partial charge is 0.493 e. The summed E-state index contributed by atoms with van der Waals surface area (Å²) in [6.07, 6.45) is 0. The number of anilines is 1. The van der Waals surface area contributed by atoms with Crippen LogP contribution < -0.4 is 19.2 Å². The highest BCUT2D eigenvalue weighted by molar-refractivity contribution is 6.07. The minimum atomic E-state index is -0.132. The molecule has 1 heterocycles. The summed E-state index contributed by atoms with van der Waals surface area (Å²) in [5, 5.41) is 6.87. The number of methoxy groups -OCH3 is 2. The molecule has 0 aliphatic carbocycles. The Morgan fingerprint density at radius 2 is 1.88 bits per heavy atom. The van der Waals surface area contributed by atoms with Gasteiger partial charge >= 0.3 is 0 Å². The first-order valence-electron chi connectivity index (χ1n) is 8.72. The summed E-state index contributed by atoms with van der Waals surface area (Å²) in [6, 6.07) is 14.9. The fourth-order valence-electron chi connectivity index (χ4n) is 3.19. The molecule has 0 atom stereocenters. The summed E-state index contributed by atoms with van der Waals surface area (Å²) in [5.41, 5.74) is 2.74. The van der Waals surface area contributed by atoms with E-state index in [2.05, 4.69) is 19.9 Å². The van der Waals surface area contributed by atoms with Crippen molar-refractivity contribution in [2.75, 3.05) is 32.4 Å². The van der Waals surface area contributed by atoms with Gasteiger partial charge in [0.05, 0.1) is 33.1 Å². The lowest BCUT2D eigenvalue weighted by Gasteiger charge is -2.22. The molecule has 0 aromatic heterocycles. The Labute approximate surface area is 155 Å². The van der Waals surface area contributed by atoms with Gasteiger partial charge in [0, 0.05) is 17.0 Å². The molecule has 0 N–H and O–H groups in total. The molecule has 137 valence electrons. The maximum absolute atomic E-state index is 5.75. The molecule has 0 saturated carbocycles. The Bertz CT molecular complexity index is 815. The fourth-order valence-corrected chi connectivity index (χ4v) is 3.19. The van der Waals surface area contributed by atoms with E-state index in [0.717, 1.165) is 29.3 Å². The number of para-hydroxylation sites is 1. The summed E-state index contributed by atoms with van der Waals surface area (Å²) in [4.78, 5) is 0. The highest BCUT2D eigenvalue weighted by Crippen LogP contribution is 2.38. The minimum absolute atomic E-state index is 0.132. The van der Waals surface area contributed by atoms with Crippen molar-refractivity contribution in [2.24, 2.45) is 10.5 Å². The highest BCUT2D eigenvalue weighted by Gasteiger charge is 2.36. The zero-order valence-electron chi connectivity index (χ0n) is 16.0. The Hall–Kier alpha value is -2.69. The first-order chi connectivity index (χ1) is 12.5. The topological polar surface area (TPSA) is 43.3 Å². The first kappa shape index (κ1) is 18.1. The van der Waals surface area contributed by atoms with Crippen molar-refractivity contribution < 1.29 is 14.2 Å². The smallest absolute Gasteiger partial charge is 0.161 e. The molecule has 2 aromatic carbocycles. The monoisotopic (exact) mass is 353 g/mol. The van der Waals surface area contributed by atoms with Crippen molar-refractivity contribution in [1.82, 2.24) is 0 Å². The maximum atomic E-state index is 5.75. The Morgan fingerprint density at radius 1 is 1.12 bits per heavy atom. The Morgan fingerprint density at radius 3 is 2.58 bits per heavy atom. The van der Waals surface area contributed by atoms with Crippen molar-refractivity contribution in [3.8, 4) is 17.2 Å². The number of rotatable bonds is 6. The van der Waals surface area contributed by atoms with Crippen LogP contribution in [0.2, 0.25) is 0 Å². The molecule has 0 unspecified atom stereocenters. The summed E-state index contributed by atoms with van der Waals surface area (Å²) in [5.74, 6) is 2.20. The van der Waals surface area contributed by atoms with E-state index in [1.165, 1.54) is 0 Å². The molecule has 26 heavy (non-hydrogen) atoms. The molecule has 2 aromatic rings. The SMILES string of the molecule is CCOc1ccc[c]c1N1CC(C)(C)C(c2ccc(OC)c(OC)c2)=N1. The lowest BCUT2D eigenvalue weighted by Crippen LogP contribution is -2.28. The number of hydrazone groups is 1. The standard InChI is InChI=1S/C21H25N2O3/c1-6-26-17-10-8-7-9-16(17)23-14-21(2,3)20(22-23)15-11-12-18(24-4)19(13-15)25-5/h7-8,10-13H,6,14H2,1-5H3. The van der Waals surface area contributed by atoms with Gasteiger partial charge in [-0.2, -0.15) is 5.10 Å². The fraction of sp³-hybridized carbons (Fsp3) is 0.381. The number of benzene rings is 2.